The van der Waals surface area contributed by atoms with E-state index in [1.807, 2.05) is 12.1 Å². The van der Waals surface area contributed by atoms with E-state index in [2.05, 4.69) is 4.98 Å². The Bertz CT molecular complexity index is 945. The predicted octanol–water partition coefficient (Wildman–Crippen LogP) is 2.78. The Kier molecular flexibility index (Phi) is 8.00. The topological polar surface area (TPSA) is 109 Å². The summed E-state index contributed by atoms with van der Waals surface area (Å²) in [6.07, 6.45) is 6.37. The van der Waals surface area contributed by atoms with E-state index in [0.717, 1.165) is 37.8 Å². The van der Waals surface area contributed by atoms with Gasteiger partial charge in [0.25, 0.3) is 5.91 Å². The van der Waals surface area contributed by atoms with Crippen LogP contribution < -0.4 is 10.2 Å². The van der Waals surface area contributed by atoms with E-state index in [1.165, 1.54) is 23.5 Å². The molecule has 8 nitrogen and oxygen atoms in total. The zero-order chi connectivity index (χ0) is 22.3. The third kappa shape index (κ3) is 5.61. The fraction of sp³-hybridized carbons (Fsp3) is 0.455. The molecule has 1 atom stereocenters. The number of aromatic nitrogens is 1. The van der Waals surface area contributed by atoms with E-state index in [4.69, 9.17) is 4.74 Å². The number of amides is 1. The summed E-state index contributed by atoms with van der Waals surface area (Å²) < 4.78 is 33.7. The first-order valence-electron chi connectivity index (χ1n) is 10.5. The molecule has 2 aromatic rings. The van der Waals surface area contributed by atoms with Gasteiger partial charge in [0.15, 0.2) is 0 Å². The molecular weight excluding hydrogens is 418 g/mol. The van der Waals surface area contributed by atoms with Gasteiger partial charge < -0.3 is 4.74 Å². The van der Waals surface area contributed by atoms with Crippen molar-refractivity contribution in [3.8, 4) is 5.75 Å². The van der Waals surface area contributed by atoms with E-state index < -0.39 is 22.0 Å². The summed E-state index contributed by atoms with van der Waals surface area (Å²) in [4.78, 5) is 17.1. The molecule has 2 N–H and O–H groups in total. The second-order valence-corrected chi connectivity index (χ2v) is 9.57. The van der Waals surface area contributed by atoms with Crippen molar-refractivity contribution in [3.05, 3.63) is 54.4 Å². The van der Waals surface area contributed by atoms with Gasteiger partial charge in [-0.15, -0.1) is 0 Å². The largest absolute Gasteiger partial charge is 0.497 e. The van der Waals surface area contributed by atoms with Gasteiger partial charge in [0.2, 0.25) is 10.0 Å². The lowest BCUT2D eigenvalue weighted by Crippen LogP contribution is -2.53. The number of rotatable bonds is 9. The van der Waals surface area contributed by atoms with Gasteiger partial charge in [-0.1, -0.05) is 25.3 Å². The third-order valence-electron chi connectivity index (χ3n) is 5.77. The summed E-state index contributed by atoms with van der Waals surface area (Å²) in [6, 6.07) is 10.5. The summed E-state index contributed by atoms with van der Waals surface area (Å²) in [7, 11) is -2.51. The quantitative estimate of drug-likeness (QED) is 0.452. The van der Waals surface area contributed by atoms with Gasteiger partial charge in [-0.2, -0.15) is 4.31 Å². The van der Waals surface area contributed by atoms with Gasteiger partial charge in [0, 0.05) is 24.9 Å². The molecule has 0 spiro atoms. The van der Waals surface area contributed by atoms with Crippen LogP contribution in [-0.4, -0.2) is 48.5 Å². The molecule has 1 saturated carbocycles. The van der Waals surface area contributed by atoms with Crippen molar-refractivity contribution < 1.29 is 23.2 Å². The predicted molar refractivity (Wildman–Crippen MR) is 115 cm³/mol. The molecule has 1 aromatic carbocycles. The number of hydrogen-bond donors (Lipinski definition) is 2. The van der Waals surface area contributed by atoms with E-state index >= 15 is 0 Å². The monoisotopic (exact) mass is 447 g/mol. The average molecular weight is 448 g/mol. The second kappa shape index (κ2) is 10.7. The zero-order valence-corrected chi connectivity index (χ0v) is 18.4. The third-order valence-corrected chi connectivity index (χ3v) is 7.66. The smallest absolute Gasteiger partial charge is 0.262 e. The van der Waals surface area contributed by atoms with E-state index in [-0.39, 0.29) is 17.4 Å². The maximum Gasteiger partial charge on any atom is 0.262 e. The molecule has 9 heteroatoms. The summed E-state index contributed by atoms with van der Waals surface area (Å²) in [6.45, 7) is 0.0694. The lowest BCUT2D eigenvalue weighted by Gasteiger charge is -2.36. The van der Waals surface area contributed by atoms with Crippen molar-refractivity contribution in [1.29, 1.82) is 0 Å². The Morgan fingerprint density at radius 2 is 1.90 bits per heavy atom. The van der Waals surface area contributed by atoms with E-state index in [1.54, 1.807) is 29.9 Å². The highest BCUT2D eigenvalue weighted by Crippen LogP contribution is 2.32. The van der Waals surface area contributed by atoms with Gasteiger partial charge in [-0.25, -0.2) is 13.9 Å². The molecule has 1 amide bonds. The summed E-state index contributed by atoms with van der Waals surface area (Å²) in [5.74, 6) is -0.335. The van der Waals surface area contributed by atoms with Crippen molar-refractivity contribution in [2.75, 3.05) is 13.7 Å². The van der Waals surface area contributed by atoms with Crippen LogP contribution >= 0.6 is 0 Å². The Hall–Kier alpha value is -2.49. The van der Waals surface area contributed by atoms with Gasteiger partial charge in [-0.05, 0) is 55.2 Å². The molecule has 168 valence electrons. The number of nitrogens with zero attached hydrogens (tertiary/aromatic N) is 2. The van der Waals surface area contributed by atoms with Crippen LogP contribution in [0.4, 0.5) is 0 Å². The number of hydroxylamine groups is 1. The van der Waals surface area contributed by atoms with Gasteiger partial charge in [-0.3, -0.25) is 15.0 Å². The van der Waals surface area contributed by atoms with Crippen LogP contribution in [0.1, 0.15) is 37.8 Å². The normalized spacial score (nSPS) is 16.1. The molecule has 1 unspecified atom stereocenters. The van der Waals surface area contributed by atoms with E-state index in [9.17, 15) is 18.4 Å². The average Bonchev–Trinajstić information content (AvgIpc) is 2.82. The number of pyridine rings is 1. The summed E-state index contributed by atoms with van der Waals surface area (Å²) in [5, 5.41) is 9.42. The molecule has 0 radical (unpaired) electrons. The fourth-order valence-electron chi connectivity index (χ4n) is 4.16. The number of methoxy groups -OCH3 is 1. The highest BCUT2D eigenvalue weighted by Gasteiger charge is 2.41. The minimum absolute atomic E-state index is 0.0694. The van der Waals surface area contributed by atoms with Gasteiger partial charge >= 0.3 is 0 Å². The van der Waals surface area contributed by atoms with Crippen molar-refractivity contribution in [2.45, 2.75) is 49.5 Å². The lowest BCUT2D eigenvalue weighted by atomic mass is 9.83. The minimum atomic E-state index is -4.02. The van der Waals surface area contributed by atoms with Crippen LogP contribution in [-0.2, 0) is 21.2 Å². The molecular formula is C22H29N3O5S. The molecule has 3 rings (SSSR count). The SMILES string of the molecule is COc1ccc(S(=O)(=O)N(CCc2ccccn2)C(C(=O)NO)C2CCCCC2)cc1. The molecule has 0 saturated heterocycles. The minimum Gasteiger partial charge on any atom is -0.497 e. The maximum atomic E-state index is 13.7. The molecule has 1 aliphatic rings. The first-order valence-corrected chi connectivity index (χ1v) is 11.9. The highest BCUT2D eigenvalue weighted by molar-refractivity contribution is 7.89. The number of nitrogens with one attached hydrogen (secondary N) is 1. The van der Waals surface area contributed by atoms with Crippen LogP contribution in [0.3, 0.4) is 0 Å². The fourth-order valence-corrected chi connectivity index (χ4v) is 5.81. The van der Waals surface area contributed by atoms with Crippen LogP contribution in [0.15, 0.2) is 53.6 Å². The molecule has 0 aliphatic heterocycles. The summed E-state index contributed by atoms with van der Waals surface area (Å²) >= 11 is 0. The molecule has 0 bridgehead atoms. The summed E-state index contributed by atoms with van der Waals surface area (Å²) in [5.41, 5.74) is 2.43. The number of benzene rings is 1. The standard InChI is InChI=1S/C22H29N3O5S/c1-30-19-10-12-20(13-11-19)31(28,29)25(16-14-18-9-5-6-15-23-18)21(22(26)24-27)17-7-3-2-4-8-17/h5-6,9-13,15,17,21,27H,2-4,7-8,14,16H2,1H3,(H,24,26). The number of ether oxygens (including phenoxy) is 1. The van der Waals surface area contributed by atoms with Crippen molar-refractivity contribution >= 4 is 15.9 Å². The molecule has 31 heavy (non-hydrogen) atoms. The second-order valence-electron chi connectivity index (χ2n) is 7.68. The lowest BCUT2D eigenvalue weighted by molar-refractivity contribution is -0.135. The maximum absolute atomic E-state index is 13.7. The van der Waals surface area contributed by atoms with Crippen molar-refractivity contribution in [1.82, 2.24) is 14.8 Å². The molecule has 1 aliphatic carbocycles. The number of carbonyl (C=O) groups is 1. The van der Waals surface area contributed by atoms with Gasteiger partial charge in [0.05, 0.1) is 12.0 Å². The van der Waals surface area contributed by atoms with Gasteiger partial charge in [0.1, 0.15) is 11.8 Å². The first kappa shape index (κ1) is 23.2. The number of hydrogen-bond acceptors (Lipinski definition) is 6. The first-order chi connectivity index (χ1) is 15.0. The Labute approximate surface area is 183 Å². The van der Waals surface area contributed by atoms with Crippen LogP contribution in [0.25, 0.3) is 0 Å². The Morgan fingerprint density at radius 3 is 2.48 bits per heavy atom. The van der Waals surface area contributed by atoms with Crippen molar-refractivity contribution in [3.63, 3.8) is 0 Å². The Morgan fingerprint density at radius 1 is 1.19 bits per heavy atom. The van der Waals surface area contributed by atoms with Crippen molar-refractivity contribution in [2.24, 2.45) is 5.92 Å². The highest BCUT2D eigenvalue weighted by atomic mass is 32.2. The van der Waals surface area contributed by atoms with Crippen LogP contribution in [0.2, 0.25) is 0 Å². The number of carbonyl (C=O) groups excluding carboxylic acids is 1. The molecule has 1 fully saturated rings. The van der Waals surface area contributed by atoms with E-state index in [0.29, 0.717) is 12.2 Å². The molecule has 1 heterocycles. The Balaban J connectivity index is 1.99. The zero-order valence-electron chi connectivity index (χ0n) is 17.6. The van der Waals surface area contributed by atoms with Crippen LogP contribution in [0, 0.1) is 5.92 Å². The number of sulfonamides is 1. The van der Waals surface area contributed by atoms with Crippen LogP contribution in [0.5, 0.6) is 5.75 Å². The molecule has 1 aromatic heterocycles.